The van der Waals surface area contributed by atoms with Crippen molar-refractivity contribution in [1.29, 1.82) is 0 Å². The fourth-order valence-corrected chi connectivity index (χ4v) is 3.94. The molecule has 2 aromatic carbocycles. The number of anilines is 1. The summed E-state index contributed by atoms with van der Waals surface area (Å²) in [5, 5.41) is 5.36. The van der Waals surface area contributed by atoms with Gasteiger partial charge in [0.15, 0.2) is 9.84 Å². The number of rotatable bonds is 11. The van der Waals surface area contributed by atoms with E-state index in [1.807, 2.05) is 13.8 Å². The lowest BCUT2D eigenvalue weighted by Gasteiger charge is -2.09. The summed E-state index contributed by atoms with van der Waals surface area (Å²) in [6.07, 6.45) is 0.875. The number of carbonyl (C=O) groups is 2. The molecule has 0 saturated carbocycles. The molecule has 0 spiro atoms. The summed E-state index contributed by atoms with van der Waals surface area (Å²) in [5.41, 5.74) is 1.51. The number of hydrogen-bond acceptors (Lipinski definition) is 5. The van der Waals surface area contributed by atoms with E-state index in [-0.39, 0.29) is 17.8 Å². The third-order valence-corrected chi connectivity index (χ3v) is 5.54. The monoisotopic (exact) mass is 432 g/mol. The van der Waals surface area contributed by atoms with Crippen molar-refractivity contribution in [3.05, 3.63) is 65.7 Å². The van der Waals surface area contributed by atoms with Gasteiger partial charge in [-0.1, -0.05) is 30.3 Å². The van der Waals surface area contributed by atoms with Crippen molar-refractivity contribution in [2.45, 2.75) is 32.1 Å². The van der Waals surface area contributed by atoms with Crippen molar-refractivity contribution >= 4 is 27.3 Å². The first-order chi connectivity index (χ1) is 14.2. The van der Waals surface area contributed by atoms with Gasteiger partial charge in [-0.25, -0.2) is 8.42 Å². The fourth-order valence-electron chi connectivity index (χ4n) is 2.67. The van der Waals surface area contributed by atoms with Crippen LogP contribution in [0.5, 0.6) is 0 Å². The lowest BCUT2D eigenvalue weighted by Crippen LogP contribution is -2.25. The Labute approximate surface area is 177 Å². The Kier molecular flexibility index (Phi) is 9.01. The van der Waals surface area contributed by atoms with E-state index in [9.17, 15) is 18.0 Å². The predicted octanol–water partition coefficient (Wildman–Crippen LogP) is 2.79. The average Bonchev–Trinajstić information content (AvgIpc) is 2.67. The Morgan fingerprint density at radius 2 is 1.67 bits per heavy atom. The van der Waals surface area contributed by atoms with E-state index in [1.165, 1.54) is 0 Å². The third-order valence-electron chi connectivity index (χ3n) is 4.07. The Bertz CT molecular complexity index is 926. The summed E-state index contributed by atoms with van der Waals surface area (Å²) in [4.78, 5) is 24.1. The third kappa shape index (κ3) is 8.75. The van der Waals surface area contributed by atoms with Gasteiger partial charge in [0.05, 0.1) is 11.9 Å². The van der Waals surface area contributed by atoms with Crippen LogP contribution in [-0.4, -0.2) is 45.2 Å². The lowest BCUT2D eigenvalue weighted by molar-refractivity contribution is -0.113. The van der Waals surface area contributed by atoms with Crippen LogP contribution in [-0.2, 0) is 25.1 Å². The van der Waals surface area contributed by atoms with Gasteiger partial charge >= 0.3 is 0 Å². The summed E-state index contributed by atoms with van der Waals surface area (Å²) in [5.74, 6) is -1.69. The van der Waals surface area contributed by atoms with Crippen LogP contribution in [0.3, 0.4) is 0 Å². The van der Waals surface area contributed by atoms with Gasteiger partial charge < -0.3 is 15.4 Å². The van der Waals surface area contributed by atoms with E-state index < -0.39 is 21.5 Å². The highest BCUT2D eigenvalue weighted by Gasteiger charge is 2.18. The Balaban J connectivity index is 1.82. The molecule has 0 atom stereocenters. The molecule has 162 valence electrons. The molecule has 0 bridgehead atoms. The van der Waals surface area contributed by atoms with E-state index in [4.69, 9.17) is 4.74 Å². The van der Waals surface area contributed by atoms with Crippen LogP contribution in [0.4, 0.5) is 5.69 Å². The minimum absolute atomic E-state index is 0.161. The van der Waals surface area contributed by atoms with Crippen molar-refractivity contribution in [1.82, 2.24) is 5.32 Å². The first-order valence-electron chi connectivity index (χ1n) is 9.79. The first kappa shape index (κ1) is 23.6. The SMILES string of the molecule is CC(C)OCCCNC(=O)c1ccc(CS(=O)(=O)CC(=O)Nc2ccccc2)cc1. The van der Waals surface area contributed by atoms with E-state index in [0.717, 1.165) is 0 Å². The van der Waals surface area contributed by atoms with E-state index in [0.29, 0.717) is 36.4 Å². The molecule has 0 aliphatic carbocycles. The van der Waals surface area contributed by atoms with Crippen molar-refractivity contribution in [3.8, 4) is 0 Å². The maximum atomic E-state index is 12.3. The summed E-state index contributed by atoms with van der Waals surface area (Å²) in [7, 11) is -3.64. The zero-order chi connectivity index (χ0) is 22.0. The van der Waals surface area contributed by atoms with Crippen LogP contribution in [0.1, 0.15) is 36.2 Å². The molecule has 2 N–H and O–H groups in total. The van der Waals surface area contributed by atoms with Crippen LogP contribution in [0, 0.1) is 0 Å². The molecule has 0 unspecified atom stereocenters. The lowest BCUT2D eigenvalue weighted by atomic mass is 10.1. The molecule has 0 fully saturated rings. The van der Waals surface area contributed by atoms with Gasteiger partial charge in [-0.2, -0.15) is 0 Å². The van der Waals surface area contributed by atoms with Gasteiger partial charge in [-0.3, -0.25) is 9.59 Å². The standard InChI is InChI=1S/C22H28N2O5S/c1-17(2)29-14-6-13-23-22(26)19-11-9-18(10-12-19)15-30(27,28)16-21(25)24-20-7-4-3-5-8-20/h3-5,7-12,17H,6,13-16H2,1-2H3,(H,23,26)(H,24,25). The summed E-state index contributed by atoms with van der Waals surface area (Å²) in [6.45, 7) is 4.98. The summed E-state index contributed by atoms with van der Waals surface area (Å²) >= 11 is 0. The first-order valence-corrected chi connectivity index (χ1v) is 11.6. The van der Waals surface area contributed by atoms with E-state index >= 15 is 0 Å². The molecule has 0 aromatic heterocycles. The normalized spacial score (nSPS) is 11.3. The van der Waals surface area contributed by atoms with Gasteiger partial charge in [0.2, 0.25) is 5.91 Å². The number of benzene rings is 2. The fraction of sp³-hybridized carbons (Fsp3) is 0.364. The molecule has 2 aromatic rings. The molecule has 2 rings (SSSR count). The highest BCUT2D eigenvalue weighted by atomic mass is 32.2. The molecule has 0 saturated heterocycles. The quantitative estimate of drug-likeness (QED) is 0.532. The zero-order valence-corrected chi connectivity index (χ0v) is 18.1. The highest BCUT2D eigenvalue weighted by molar-refractivity contribution is 7.91. The average molecular weight is 433 g/mol. The van der Waals surface area contributed by atoms with E-state index in [1.54, 1.807) is 54.6 Å². The van der Waals surface area contributed by atoms with Crippen molar-refractivity contribution in [2.75, 3.05) is 24.2 Å². The molecular weight excluding hydrogens is 404 g/mol. The van der Waals surface area contributed by atoms with Crippen molar-refractivity contribution in [2.24, 2.45) is 0 Å². The zero-order valence-electron chi connectivity index (χ0n) is 17.3. The predicted molar refractivity (Wildman–Crippen MR) is 117 cm³/mol. The highest BCUT2D eigenvalue weighted by Crippen LogP contribution is 2.11. The summed E-state index contributed by atoms with van der Waals surface area (Å²) < 4.78 is 30.1. The molecule has 0 radical (unpaired) electrons. The van der Waals surface area contributed by atoms with Crippen LogP contribution >= 0.6 is 0 Å². The van der Waals surface area contributed by atoms with Crippen molar-refractivity contribution in [3.63, 3.8) is 0 Å². The number of carbonyl (C=O) groups excluding carboxylic acids is 2. The second-order valence-corrected chi connectivity index (χ2v) is 9.24. The molecule has 8 heteroatoms. The number of amides is 2. The second-order valence-electron chi connectivity index (χ2n) is 7.17. The molecule has 30 heavy (non-hydrogen) atoms. The molecular formula is C22H28N2O5S. The van der Waals surface area contributed by atoms with Gasteiger partial charge in [-0.15, -0.1) is 0 Å². The van der Waals surface area contributed by atoms with E-state index in [2.05, 4.69) is 10.6 Å². The Morgan fingerprint density at radius 1 is 1.00 bits per heavy atom. The van der Waals surface area contributed by atoms with Crippen LogP contribution < -0.4 is 10.6 Å². The van der Waals surface area contributed by atoms with Gasteiger partial charge in [0.1, 0.15) is 5.75 Å². The van der Waals surface area contributed by atoms with Gasteiger partial charge in [-0.05, 0) is 50.1 Å². The minimum atomic E-state index is -3.64. The molecule has 0 aliphatic rings. The molecule has 0 aliphatic heterocycles. The number of para-hydroxylation sites is 1. The molecule has 2 amide bonds. The minimum Gasteiger partial charge on any atom is -0.379 e. The second kappa shape index (κ2) is 11.5. The smallest absolute Gasteiger partial charge is 0.251 e. The van der Waals surface area contributed by atoms with Gasteiger partial charge in [0.25, 0.3) is 5.91 Å². The maximum Gasteiger partial charge on any atom is 0.251 e. The maximum absolute atomic E-state index is 12.3. The number of ether oxygens (including phenoxy) is 1. The number of sulfone groups is 1. The van der Waals surface area contributed by atoms with Crippen LogP contribution in [0.15, 0.2) is 54.6 Å². The number of hydrogen-bond donors (Lipinski definition) is 2. The summed E-state index contributed by atoms with van der Waals surface area (Å²) in [6, 6.07) is 15.0. The van der Waals surface area contributed by atoms with Crippen LogP contribution in [0.25, 0.3) is 0 Å². The molecule has 7 nitrogen and oxygen atoms in total. The van der Waals surface area contributed by atoms with Gasteiger partial charge in [0, 0.05) is 24.4 Å². The largest absolute Gasteiger partial charge is 0.379 e. The van der Waals surface area contributed by atoms with Crippen molar-refractivity contribution < 1.29 is 22.7 Å². The topological polar surface area (TPSA) is 102 Å². The Hall–Kier alpha value is -2.71. The number of nitrogens with one attached hydrogen (secondary N) is 2. The molecule has 0 heterocycles. The Morgan fingerprint density at radius 3 is 2.30 bits per heavy atom. The van der Waals surface area contributed by atoms with Crippen LogP contribution in [0.2, 0.25) is 0 Å².